The number of nitrogens with one attached hydrogen (secondary N) is 1. The van der Waals surface area contributed by atoms with Crippen LogP contribution in [0.25, 0.3) is 11.0 Å². The van der Waals surface area contributed by atoms with Crippen LogP contribution < -0.4 is 5.32 Å². The van der Waals surface area contributed by atoms with Gasteiger partial charge in [-0.3, -0.25) is 14.8 Å². The number of aromatic nitrogens is 4. The molecule has 0 aliphatic carbocycles. The number of nitriles is 1. The molecular formula is C21H26BN7O2. The molecule has 2 heterocycles. The van der Waals surface area contributed by atoms with Crippen molar-refractivity contribution >= 4 is 29.3 Å². The second-order valence-corrected chi connectivity index (χ2v) is 7.51. The van der Waals surface area contributed by atoms with E-state index in [4.69, 9.17) is 5.26 Å². The molecule has 31 heavy (non-hydrogen) atoms. The molecule has 0 saturated carbocycles. The molecule has 3 rings (SSSR count). The van der Waals surface area contributed by atoms with E-state index in [0.29, 0.717) is 6.54 Å². The first-order chi connectivity index (χ1) is 15.1. The van der Waals surface area contributed by atoms with E-state index in [1.54, 1.807) is 18.3 Å². The predicted octanol–water partition coefficient (Wildman–Crippen LogP) is 4.14. The van der Waals surface area contributed by atoms with Gasteiger partial charge in [-0.25, -0.2) is 15.2 Å². The zero-order chi connectivity index (χ0) is 22.1. The Kier molecular flexibility index (Phi) is 7.93. The molecule has 0 fully saturated rings. The van der Waals surface area contributed by atoms with Crippen LogP contribution in [0.4, 0.5) is 11.5 Å². The van der Waals surface area contributed by atoms with E-state index in [1.807, 2.05) is 4.68 Å². The summed E-state index contributed by atoms with van der Waals surface area (Å²) in [6.07, 6.45) is 8.93. The third-order valence-electron chi connectivity index (χ3n) is 5.38. The normalized spacial score (nSPS) is 10.7. The van der Waals surface area contributed by atoms with Crippen molar-refractivity contribution in [2.45, 2.75) is 51.8 Å². The number of unbranched alkanes of at least 4 members (excludes halogenated alkanes) is 2. The molecule has 0 saturated heterocycles. The molecule has 160 valence electrons. The monoisotopic (exact) mass is 419 g/mol. The fourth-order valence-electron chi connectivity index (χ4n) is 3.52. The number of fused-ring (bicyclic) bond motifs is 1. The largest absolute Gasteiger partial charge is 0.368 e. The molecule has 10 heteroatoms. The topological polar surface area (TPSA) is 123 Å². The first kappa shape index (κ1) is 22.2. The fraction of sp³-hybridized carbons (Fsp3) is 0.429. The first-order valence-corrected chi connectivity index (χ1v) is 10.7. The molecule has 2 aromatic heterocycles. The summed E-state index contributed by atoms with van der Waals surface area (Å²) in [6.45, 7) is 3.63. The van der Waals surface area contributed by atoms with Crippen molar-refractivity contribution in [1.29, 1.82) is 5.26 Å². The van der Waals surface area contributed by atoms with Gasteiger partial charge >= 0.3 is 0 Å². The van der Waals surface area contributed by atoms with Gasteiger partial charge in [-0.05, 0) is 18.4 Å². The van der Waals surface area contributed by atoms with Crippen LogP contribution in [0.3, 0.4) is 0 Å². The van der Waals surface area contributed by atoms with Crippen molar-refractivity contribution in [2.75, 3.05) is 11.9 Å². The Hall–Kier alpha value is -3.48. The Morgan fingerprint density at radius 1 is 1.23 bits per heavy atom. The number of non-ortho nitro benzene ring substituents is 1. The Labute approximate surface area is 181 Å². The maximum absolute atomic E-state index is 10.8. The van der Waals surface area contributed by atoms with Crippen LogP contribution in [0.15, 0.2) is 36.8 Å². The highest BCUT2D eigenvalue weighted by atomic mass is 16.6. The molecular weight excluding hydrogens is 393 g/mol. The van der Waals surface area contributed by atoms with Crippen LogP contribution in [0.2, 0.25) is 12.6 Å². The van der Waals surface area contributed by atoms with Crippen LogP contribution >= 0.6 is 0 Å². The van der Waals surface area contributed by atoms with Crippen molar-refractivity contribution in [3.05, 3.63) is 52.5 Å². The molecule has 3 aromatic rings. The molecule has 1 aromatic carbocycles. The van der Waals surface area contributed by atoms with E-state index in [2.05, 4.69) is 33.3 Å². The lowest BCUT2D eigenvalue weighted by Gasteiger charge is -2.10. The maximum atomic E-state index is 10.8. The van der Waals surface area contributed by atoms with Gasteiger partial charge in [0.1, 0.15) is 17.4 Å². The van der Waals surface area contributed by atoms with Gasteiger partial charge in [0.2, 0.25) is 0 Å². The van der Waals surface area contributed by atoms with Crippen molar-refractivity contribution in [3.63, 3.8) is 0 Å². The van der Waals surface area contributed by atoms with Crippen molar-refractivity contribution in [1.82, 2.24) is 19.7 Å². The van der Waals surface area contributed by atoms with E-state index >= 15 is 0 Å². The van der Waals surface area contributed by atoms with E-state index in [0.717, 1.165) is 67.3 Å². The molecule has 0 aliphatic rings. The molecule has 1 N–H and O–H groups in total. The Bertz CT molecular complexity index is 1050. The highest BCUT2D eigenvalue weighted by Crippen LogP contribution is 2.20. The molecule has 0 bridgehead atoms. The van der Waals surface area contributed by atoms with Gasteiger partial charge in [-0.15, -0.1) is 0 Å². The van der Waals surface area contributed by atoms with Crippen molar-refractivity contribution in [2.24, 2.45) is 0 Å². The number of rotatable bonds is 12. The second kappa shape index (κ2) is 11.1. The van der Waals surface area contributed by atoms with E-state index in [-0.39, 0.29) is 12.4 Å². The van der Waals surface area contributed by atoms with Crippen LogP contribution in [0.1, 0.15) is 31.7 Å². The molecule has 0 unspecified atom stereocenters. The Balaban J connectivity index is 1.55. The van der Waals surface area contributed by atoms with Crippen molar-refractivity contribution < 1.29 is 4.92 Å². The van der Waals surface area contributed by atoms with E-state index < -0.39 is 4.92 Å². The summed E-state index contributed by atoms with van der Waals surface area (Å²) in [4.78, 5) is 19.1. The third kappa shape index (κ3) is 6.01. The molecule has 0 atom stereocenters. The Morgan fingerprint density at radius 3 is 2.74 bits per heavy atom. The smallest absolute Gasteiger partial charge is 0.269 e. The molecule has 0 aliphatic heterocycles. The molecule has 0 amide bonds. The number of nitrogens with zero attached hydrogens (tertiary/aromatic N) is 6. The van der Waals surface area contributed by atoms with Crippen molar-refractivity contribution in [3.8, 4) is 5.97 Å². The lowest BCUT2D eigenvalue weighted by molar-refractivity contribution is -0.384. The highest BCUT2D eigenvalue weighted by Gasteiger charge is 2.12. The number of nitro benzene ring substituents is 1. The predicted molar refractivity (Wildman–Crippen MR) is 121 cm³/mol. The first-order valence-electron chi connectivity index (χ1n) is 10.7. The average Bonchev–Trinajstić information content (AvgIpc) is 3.20. The van der Waals surface area contributed by atoms with Gasteiger partial charge in [0.15, 0.2) is 5.82 Å². The summed E-state index contributed by atoms with van der Waals surface area (Å²) in [6, 6.07) is 6.59. The number of anilines is 1. The number of nitro groups is 1. The van der Waals surface area contributed by atoms with Gasteiger partial charge in [0.05, 0.1) is 11.1 Å². The molecule has 0 spiro atoms. The minimum atomic E-state index is -0.396. The molecule has 0 radical (unpaired) electrons. The summed E-state index contributed by atoms with van der Waals surface area (Å²) in [7, 11) is 0. The summed E-state index contributed by atoms with van der Waals surface area (Å²) in [5, 5.41) is 27.6. The lowest BCUT2D eigenvalue weighted by Crippen LogP contribution is -2.10. The second-order valence-electron chi connectivity index (χ2n) is 7.51. The minimum Gasteiger partial charge on any atom is -0.368 e. The quantitative estimate of drug-likeness (QED) is 0.203. The van der Waals surface area contributed by atoms with Crippen LogP contribution in [-0.4, -0.2) is 37.9 Å². The third-order valence-corrected chi connectivity index (χ3v) is 5.38. The standard InChI is InChI=1S/C21H26BN7O2/c1-2-22(15-23)11-4-3-5-13-28-20-19(14-27-28)25-16-26-21(20)24-12-10-17-6-8-18(9-7-17)29(30)31/h6-9,14,16H,2-5,10-13H2,1H3,(H,24,25,26). The zero-order valence-corrected chi connectivity index (χ0v) is 17.7. The number of benzene rings is 1. The lowest BCUT2D eigenvalue weighted by atomic mass is 9.46. The van der Waals surface area contributed by atoms with Gasteiger partial charge in [-0.2, -0.15) is 5.10 Å². The van der Waals surface area contributed by atoms with Crippen LogP contribution in [-0.2, 0) is 13.0 Å². The zero-order valence-electron chi connectivity index (χ0n) is 17.7. The number of aryl methyl sites for hydroxylation is 1. The SMILES string of the molecule is CCB(C#N)CCCCCn1ncc2ncnc(NCCc3ccc([N+](=O)[O-])cc3)c21. The Morgan fingerprint density at radius 2 is 2.03 bits per heavy atom. The highest BCUT2D eigenvalue weighted by molar-refractivity contribution is 6.66. The van der Waals surface area contributed by atoms with Gasteiger partial charge < -0.3 is 5.32 Å². The van der Waals surface area contributed by atoms with E-state index in [1.165, 1.54) is 18.5 Å². The van der Waals surface area contributed by atoms with Gasteiger partial charge in [0, 0.05) is 31.2 Å². The average molecular weight is 419 g/mol. The number of hydrogen-bond acceptors (Lipinski definition) is 7. The van der Waals surface area contributed by atoms with Crippen LogP contribution in [0.5, 0.6) is 0 Å². The summed E-state index contributed by atoms with van der Waals surface area (Å²) in [5.41, 5.74) is 2.79. The van der Waals surface area contributed by atoms with Crippen LogP contribution in [0, 0.1) is 21.3 Å². The summed E-state index contributed by atoms with van der Waals surface area (Å²) < 4.78 is 1.94. The molecule has 9 nitrogen and oxygen atoms in total. The van der Waals surface area contributed by atoms with Gasteiger partial charge in [0.25, 0.3) is 12.4 Å². The fourth-order valence-corrected chi connectivity index (χ4v) is 3.52. The minimum absolute atomic E-state index is 0.0935. The van der Waals surface area contributed by atoms with E-state index in [9.17, 15) is 10.1 Å². The summed E-state index contributed by atoms with van der Waals surface area (Å²) >= 11 is 0. The van der Waals surface area contributed by atoms with Gasteiger partial charge in [-0.1, -0.05) is 44.5 Å². The summed E-state index contributed by atoms with van der Waals surface area (Å²) in [5.74, 6) is 3.09. The maximum Gasteiger partial charge on any atom is 0.269 e. The number of hydrogen-bond donors (Lipinski definition) is 1.